The summed E-state index contributed by atoms with van der Waals surface area (Å²) in [6, 6.07) is 0. The van der Waals surface area contributed by atoms with Crippen molar-refractivity contribution in [2.24, 2.45) is 17.3 Å². The van der Waals surface area contributed by atoms with Crippen molar-refractivity contribution in [3.05, 3.63) is 11.8 Å². The number of hydrogen-bond acceptors (Lipinski definition) is 4. The molecule has 4 heteroatoms. The molecule has 0 N–H and O–H groups in total. The molecule has 2 unspecified atom stereocenters. The Morgan fingerprint density at radius 1 is 1.25 bits per heavy atom. The zero-order chi connectivity index (χ0) is 17.7. The molecule has 0 radical (unpaired) electrons. The van der Waals surface area contributed by atoms with Crippen LogP contribution < -0.4 is 0 Å². The fraction of sp³-hybridized carbons (Fsp3) is 0.750. The van der Waals surface area contributed by atoms with E-state index in [-0.39, 0.29) is 35.4 Å². The fourth-order valence-corrected chi connectivity index (χ4v) is 3.99. The van der Waals surface area contributed by atoms with Crippen molar-refractivity contribution in [1.29, 1.82) is 0 Å². The highest BCUT2D eigenvalue weighted by atomic mass is 16.5. The van der Waals surface area contributed by atoms with Crippen molar-refractivity contribution in [3.8, 4) is 0 Å². The zero-order valence-electron chi connectivity index (χ0n) is 15.2. The van der Waals surface area contributed by atoms with E-state index in [1.54, 1.807) is 0 Å². The van der Waals surface area contributed by atoms with Gasteiger partial charge in [-0.15, -0.1) is 0 Å². The van der Waals surface area contributed by atoms with E-state index in [0.29, 0.717) is 30.8 Å². The van der Waals surface area contributed by atoms with Gasteiger partial charge >= 0.3 is 5.97 Å². The molecule has 2 rings (SSSR count). The predicted octanol–water partition coefficient (Wildman–Crippen LogP) is 4.37. The third-order valence-corrected chi connectivity index (χ3v) is 5.16. The highest BCUT2D eigenvalue weighted by molar-refractivity contribution is 5.92. The number of carbonyl (C=O) groups excluding carboxylic acids is 3. The Balaban J connectivity index is 1.89. The molecule has 2 aliphatic carbocycles. The molecule has 0 amide bonds. The Kier molecular flexibility index (Phi) is 6.36. The molecule has 0 aromatic heterocycles. The van der Waals surface area contributed by atoms with Crippen molar-refractivity contribution in [2.75, 3.05) is 0 Å². The molecule has 0 saturated heterocycles. The number of carbonyl (C=O) groups is 3. The summed E-state index contributed by atoms with van der Waals surface area (Å²) in [6.45, 7) is 6.16. The molecule has 24 heavy (non-hydrogen) atoms. The van der Waals surface area contributed by atoms with Gasteiger partial charge in [-0.05, 0) is 24.2 Å². The van der Waals surface area contributed by atoms with Gasteiger partial charge in [0.2, 0.25) is 0 Å². The van der Waals surface area contributed by atoms with Crippen LogP contribution in [0.3, 0.4) is 0 Å². The predicted molar refractivity (Wildman–Crippen MR) is 92.2 cm³/mol. The van der Waals surface area contributed by atoms with Crippen molar-refractivity contribution in [1.82, 2.24) is 0 Å². The van der Waals surface area contributed by atoms with E-state index >= 15 is 0 Å². The first-order valence-electron chi connectivity index (χ1n) is 9.27. The number of unbranched alkanes of at least 4 members (excludes halogenated alkanes) is 2. The molecule has 1 saturated carbocycles. The molecule has 0 aromatic carbocycles. The van der Waals surface area contributed by atoms with E-state index in [2.05, 4.69) is 6.92 Å². The van der Waals surface area contributed by atoms with Gasteiger partial charge < -0.3 is 4.74 Å². The van der Waals surface area contributed by atoms with Crippen LogP contribution in [0.25, 0.3) is 0 Å². The largest absolute Gasteiger partial charge is 0.431 e. The lowest BCUT2D eigenvalue weighted by Crippen LogP contribution is -2.25. The lowest BCUT2D eigenvalue weighted by atomic mass is 9.79. The van der Waals surface area contributed by atoms with E-state index < -0.39 is 0 Å². The Morgan fingerprint density at radius 2 is 2.00 bits per heavy atom. The van der Waals surface area contributed by atoms with Crippen molar-refractivity contribution >= 4 is 17.5 Å². The summed E-state index contributed by atoms with van der Waals surface area (Å²) >= 11 is 0. The summed E-state index contributed by atoms with van der Waals surface area (Å²) in [5, 5.41) is 0. The normalized spacial score (nSPS) is 26.4. The summed E-state index contributed by atoms with van der Waals surface area (Å²) < 4.78 is 5.46. The van der Waals surface area contributed by atoms with E-state index in [1.165, 1.54) is 6.08 Å². The quantitative estimate of drug-likeness (QED) is 0.512. The van der Waals surface area contributed by atoms with Gasteiger partial charge in [-0.1, -0.05) is 40.0 Å². The Morgan fingerprint density at radius 3 is 2.67 bits per heavy atom. The minimum atomic E-state index is -0.299. The molecule has 0 bridgehead atoms. The van der Waals surface area contributed by atoms with E-state index in [4.69, 9.17) is 4.74 Å². The number of Topliss-reactive ketones (excluding diaryl/α,β-unsaturated/α-hetero) is 1. The maximum absolute atomic E-state index is 12.3. The summed E-state index contributed by atoms with van der Waals surface area (Å²) in [5.74, 6) is 0.622. The van der Waals surface area contributed by atoms with E-state index in [1.807, 2.05) is 13.8 Å². The van der Waals surface area contributed by atoms with Crippen LogP contribution in [0.4, 0.5) is 0 Å². The minimum absolute atomic E-state index is 0.0162. The van der Waals surface area contributed by atoms with Crippen LogP contribution in [0, 0.1) is 17.3 Å². The third kappa shape index (κ3) is 5.29. The Hall–Kier alpha value is -1.45. The second-order valence-corrected chi connectivity index (χ2v) is 8.14. The molecular weight excluding hydrogens is 304 g/mol. The first-order valence-corrected chi connectivity index (χ1v) is 9.27. The lowest BCUT2D eigenvalue weighted by molar-refractivity contribution is -0.141. The van der Waals surface area contributed by atoms with Gasteiger partial charge in [0.25, 0.3) is 0 Å². The molecule has 0 spiro atoms. The molecule has 0 aliphatic heterocycles. The van der Waals surface area contributed by atoms with Gasteiger partial charge in [-0.2, -0.15) is 0 Å². The first-order chi connectivity index (χ1) is 11.3. The second-order valence-electron chi connectivity index (χ2n) is 8.14. The molecular formula is C20H30O4. The number of hydrogen-bond donors (Lipinski definition) is 0. The maximum atomic E-state index is 12.3. The van der Waals surface area contributed by atoms with Gasteiger partial charge in [-0.3, -0.25) is 14.4 Å². The van der Waals surface area contributed by atoms with Crippen LogP contribution in [0.5, 0.6) is 0 Å². The first kappa shape index (κ1) is 18.9. The van der Waals surface area contributed by atoms with Crippen molar-refractivity contribution < 1.29 is 19.1 Å². The molecule has 134 valence electrons. The number of ether oxygens (including phenoxy) is 1. The smallest absolute Gasteiger partial charge is 0.311 e. The Bertz CT molecular complexity index is 530. The van der Waals surface area contributed by atoms with Gasteiger partial charge in [0.15, 0.2) is 5.78 Å². The molecule has 4 nitrogen and oxygen atoms in total. The second kappa shape index (κ2) is 8.09. The summed E-state index contributed by atoms with van der Waals surface area (Å²) in [5.41, 5.74) is -0.159. The minimum Gasteiger partial charge on any atom is -0.431 e. The number of ketones is 2. The van der Waals surface area contributed by atoms with Crippen LogP contribution in [-0.2, 0) is 19.1 Å². The number of allylic oxidation sites excluding steroid dienone is 2. The molecule has 0 heterocycles. The fourth-order valence-electron chi connectivity index (χ4n) is 3.99. The van der Waals surface area contributed by atoms with Gasteiger partial charge in [0.1, 0.15) is 11.5 Å². The van der Waals surface area contributed by atoms with Gasteiger partial charge in [0, 0.05) is 37.7 Å². The van der Waals surface area contributed by atoms with Crippen LogP contribution in [0.15, 0.2) is 11.8 Å². The van der Waals surface area contributed by atoms with Crippen LogP contribution >= 0.6 is 0 Å². The SMILES string of the molecule is CCCCCC1C(=O)CCC1CC(=O)OC1=CC(=O)CC(C)(C)C1. The highest BCUT2D eigenvalue weighted by Gasteiger charge is 2.36. The van der Waals surface area contributed by atoms with Crippen molar-refractivity contribution in [3.63, 3.8) is 0 Å². The van der Waals surface area contributed by atoms with E-state index in [9.17, 15) is 14.4 Å². The summed E-state index contributed by atoms with van der Waals surface area (Å²) in [4.78, 5) is 36.1. The standard InChI is InChI=1S/C20H30O4/c1-4-5-6-7-17-14(8-9-18(17)22)10-19(23)24-16-11-15(21)12-20(2,3)13-16/h11,14,17H,4-10,12-13H2,1-3H3. The zero-order valence-corrected chi connectivity index (χ0v) is 15.2. The Labute approximate surface area is 145 Å². The van der Waals surface area contributed by atoms with Crippen molar-refractivity contribution in [2.45, 2.75) is 78.6 Å². The monoisotopic (exact) mass is 334 g/mol. The average molecular weight is 334 g/mol. The topological polar surface area (TPSA) is 60.4 Å². The number of esters is 1. The number of rotatable bonds is 7. The van der Waals surface area contributed by atoms with Gasteiger partial charge in [0.05, 0.1) is 0 Å². The lowest BCUT2D eigenvalue weighted by Gasteiger charge is -2.28. The van der Waals surface area contributed by atoms with Gasteiger partial charge in [-0.25, -0.2) is 0 Å². The third-order valence-electron chi connectivity index (χ3n) is 5.16. The maximum Gasteiger partial charge on any atom is 0.311 e. The molecule has 2 atom stereocenters. The van der Waals surface area contributed by atoms with E-state index in [0.717, 1.165) is 32.1 Å². The van der Waals surface area contributed by atoms with Crippen LogP contribution in [0.2, 0.25) is 0 Å². The molecule has 0 aromatic rings. The molecule has 2 aliphatic rings. The van der Waals surface area contributed by atoms with Crippen LogP contribution in [0.1, 0.15) is 78.6 Å². The highest BCUT2D eigenvalue weighted by Crippen LogP contribution is 2.37. The van der Waals surface area contributed by atoms with Crippen LogP contribution in [-0.4, -0.2) is 17.5 Å². The average Bonchev–Trinajstić information content (AvgIpc) is 2.78. The summed E-state index contributed by atoms with van der Waals surface area (Å²) in [7, 11) is 0. The summed E-state index contributed by atoms with van der Waals surface area (Å²) in [6.07, 6.45) is 8.41. The molecule has 1 fully saturated rings.